The summed E-state index contributed by atoms with van der Waals surface area (Å²) in [5, 5.41) is 11.3. The summed E-state index contributed by atoms with van der Waals surface area (Å²) in [6, 6.07) is 20.9. The van der Waals surface area contributed by atoms with Crippen LogP contribution in [0.25, 0.3) is 0 Å². The van der Waals surface area contributed by atoms with Gasteiger partial charge in [-0.05, 0) is 24.6 Å². The first-order valence-corrected chi connectivity index (χ1v) is 7.66. The normalized spacial score (nSPS) is 30.2. The quantitative estimate of drug-likeness (QED) is 0.909. The second-order valence-corrected chi connectivity index (χ2v) is 6.17. The van der Waals surface area contributed by atoms with Gasteiger partial charge in [-0.15, -0.1) is 0 Å². The molecule has 0 bridgehead atoms. The first-order chi connectivity index (χ1) is 10.1. The smallest absolute Gasteiger partial charge is 0.0952 e. The predicted octanol–water partition coefficient (Wildman–Crippen LogP) is 3.59. The highest BCUT2D eigenvalue weighted by Crippen LogP contribution is 2.46. The minimum absolute atomic E-state index is 0.140. The number of likely N-dealkylation sites (tertiary alicyclic amines) is 1. The van der Waals surface area contributed by atoms with E-state index in [-0.39, 0.29) is 12.0 Å². The third-order valence-electron chi connectivity index (χ3n) is 4.96. The summed E-state index contributed by atoms with van der Waals surface area (Å²) in [6.07, 6.45) is 0.776. The number of benzene rings is 2. The van der Waals surface area contributed by atoms with Crippen LogP contribution in [0.1, 0.15) is 30.5 Å². The maximum atomic E-state index is 11.3. The van der Waals surface area contributed by atoms with Crippen molar-refractivity contribution >= 4 is 0 Å². The van der Waals surface area contributed by atoms with E-state index < -0.39 is 5.60 Å². The van der Waals surface area contributed by atoms with Gasteiger partial charge in [-0.2, -0.15) is 0 Å². The van der Waals surface area contributed by atoms with E-state index in [0.717, 1.165) is 18.5 Å². The van der Waals surface area contributed by atoms with Crippen molar-refractivity contribution in [1.29, 1.82) is 0 Å². The van der Waals surface area contributed by atoms with E-state index in [1.807, 2.05) is 36.4 Å². The van der Waals surface area contributed by atoms with E-state index in [0.29, 0.717) is 0 Å². The number of hydrogen-bond acceptors (Lipinski definition) is 2. The molecule has 1 aliphatic heterocycles. The van der Waals surface area contributed by atoms with Gasteiger partial charge in [-0.3, -0.25) is 4.90 Å². The SMILES string of the molecule is C[C@@H]1[C@H](c2ccccc2)N(C)CC[C@]1(O)c1ccccc1. The van der Waals surface area contributed by atoms with E-state index in [1.165, 1.54) is 5.56 Å². The van der Waals surface area contributed by atoms with Crippen molar-refractivity contribution in [3.05, 3.63) is 71.8 Å². The summed E-state index contributed by atoms with van der Waals surface area (Å²) in [4.78, 5) is 2.36. The van der Waals surface area contributed by atoms with Gasteiger partial charge in [0.05, 0.1) is 5.60 Å². The third-order valence-corrected chi connectivity index (χ3v) is 4.96. The molecule has 0 aromatic heterocycles. The van der Waals surface area contributed by atoms with Gasteiger partial charge in [-0.1, -0.05) is 67.6 Å². The van der Waals surface area contributed by atoms with Crippen LogP contribution < -0.4 is 0 Å². The maximum absolute atomic E-state index is 11.3. The molecule has 0 amide bonds. The first-order valence-electron chi connectivity index (χ1n) is 7.66. The lowest BCUT2D eigenvalue weighted by molar-refractivity contribution is -0.0952. The molecule has 1 saturated heterocycles. The maximum Gasteiger partial charge on any atom is 0.0952 e. The number of rotatable bonds is 2. The van der Waals surface area contributed by atoms with Crippen molar-refractivity contribution in [3.8, 4) is 0 Å². The standard InChI is InChI=1S/C19H23NO/c1-15-18(16-9-5-3-6-10-16)20(2)14-13-19(15,21)17-11-7-4-8-12-17/h3-12,15,18,21H,13-14H2,1-2H3/t15-,18-,19-/m1/s1. The average molecular weight is 281 g/mol. The van der Waals surface area contributed by atoms with Gasteiger partial charge in [0.1, 0.15) is 0 Å². The van der Waals surface area contributed by atoms with Gasteiger partial charge >= 0.3 is 0 Å². The molecule has 0 saturated carbocycles. The molecule has 1 aliphatic rings. The number of hydrogen-bond donors (Lipinski definition) is 1. The van der Waals surface area contributed by atoms with Gasteiger partial charge in [-0.25, -0.2) is 0 Å². The zero-order chi connectivity index (χ0) is 14.9. The Balaban J connectivity index is 1.99. The van der Waals surface area contributed by atoms with E-state index in [4.69, 9.17) is 0 Å². The molecule has 1 heterocycles. The molecule has 3 rings (SSSR count). The molecule has 0 aliphatic carbocycles. The van der Waals surface area contributed by atoms with Crippen LogP contribution in [-0.4, -0.2) is 23.6 Å². The lowest BCUT2D eigenvalue weighted by Crippen LogP contribution is -2.49. The third kappa shape index (κ3) is 2.50. The summed E-state index contributed by atoms with van der Waals surface area (Å²) >= 11 is 0. The largest absolute Gasteiger partial charge is 0.385 e. The Morgan fingerprint density at radius 2 is 1.57 bits per heavy atom. The molecule has 21 heavy (non-hydrogen) atoms. The van der Waals surface area contributed by atoms with Gasteiger partial charge in [0.2, 0.25) is 0 Å². The van der Waals surface area contributed by atoms with E-state index in [9.17, 15) is 5.11 Å². The predicted molar refractivity (Wildman–Crippen MR) is 85.9 cm³/mol. The molecule has 0 unspecified atom stereocenters. The molecule has 2 aromatic rings. The Hall–Kier alpha value is -1.64. The van der Waals surface area contributed by atoms with Crippen LogP contribution >= 0.6 is 0 Å². The zero-order valence-electron chi connectivity index (χ0n) is 12.7. The fourth-order valence-electron chi connectivity index (χ4n) is 3.68. The van der Waals surface area contributed by atoms with Crippen LogP contribution in [0, 0.1) is 5.92 Å². The Labute approximate surface area is 127 Å². The van der Waals surface area contributed by atoms with Gasteiger partial charge in [0.25, 0.3) is 0 Å². The Morgan fingerprint density at radius 3 is 2.19 bits per heavy atom. The minimum atomic E-state index is -0.756. The molecule has 1 N–H and O–H groups in total. The van der Waals surface area contributed by atoms with Crippen molar-refractivity contribution in [2.45, 2.75) is 25.0 Å². The number of aliphatic hydroxyl groups is 1. The van der Waals surface area contributed by atoms with Gasteiger partial charge in [0.15, 0.2) is 0 Å². The molecule has 110 valence electrons. The van der Waals surface area contributed by atoms with Crippen molar-refractivity contribution < 1.29 is 5.11 Å². The number of piperidine rings is 1. The minimum Gasteiger partial charge on any atom is -0.385 e. The Bertz CT molecular complexity index is 583. The van der Waals surface area contributed by atoms with Crippen LogP contribution in [0.15, 0.2) is 60.7 Å². The molecule has 0 radical (unpaired) electrons. The fourth-order valence-corrected chi connectivity index (χ4v) is 3.68. The van der Waals surface area contributed by atoms with E-state index in [1.54, 1.807) is 0 Å². The summed E-state index contributed by atoms with van der Waals surface area (Å²) in [5.41, 5.74) is 1.56. The molecule has 3 atom stereocenters. The summed E-state index contributed by atoms with van der Waals surface area (Å²) < 4.78 is 0. The van der Waals surface area contributed by atoms with Gasteiger partial charge in [0, 0.05) is 18.5 Å². The van der Waals surface area contributed by atoms with Crippen molar-refractivity contribution in [2.75, 3.05) is 13.6 Å². The lowest BCUT2D eigenvalue weighted by atomic mass is 9.71. The molecule has 2 nitrogen and oxygen atoms in total. The highest BCUT2D eigenvalue weighted by Gasteiger charge is 2.45. The Kier molecular flexibility index (Phi) is 3.83. The summed E-state index contributed by atoms with van der Waals surface area (Å²) in [5.74, 6) is 0.140. The van der Waals surface area contributed by atoms with Gasteiger partial charge < -0.3 is 5.11 Å². The van der Waals surface area contributed by atoms with Crippen molar-refractivity contribution in [2.24, 2.45) is 5.92 Å². The fraction of sp³-hybridized carbons (Fsp3) is 0.368. The number of nitrogens with zero attached hydrogens (tertiary/aromatic N) is 1. The van der Waals surface area contributed by atoms with E-state index >= 15 is 0 Å². The van der Waals surface area contributed by atoms with Crippen molar-refractivity contribution in [3.63, 3.8) is 0 Å². The highest BCUT2D eigenvalue weighted by atomic mass is 16.3. The van der Waals surface area contributed by atoms with Crippen LogP contribution in [0.2, 0.25) is 0 Å². The Morgan fingerprint density at radius 1 is 1.00 bits per heavy atom. The first kappa shape index (κ1) is 14.3. The summed E-state index contributed by atoms with van der Waals surface area (Å²) in [7, 11) is 2.15. The van der Waals surface area contributed by atoms with Crippen LogP contribution in [0.3, 0.4) is 0 Å². The highest BCUT2D eigenvalue weighted by molar-refractivity contribution is 5.28. The second kappa shape index (κ2) is 5.63. The topological polar surface area (TPSA) is 23.5 Å². The monoisotopic (exact) mass is 281 g/mol. The van der Waals surface area contributed by atoms with Crippen LogP contribution in [0.4, 0.5) is 0 Å². The molecular formula is C19H23NO. The second-order valence-electron chi connectivity index (χ2n) is 6.17. The molecule has 2 heteroatoms. The molecule has 0 spiro atoms. The van der Waals surface area contributed by atoms with E-state index in [2.05, 4.69) is 43.1 Å². The molecular weight excluding hydrogens is 258 g/mol. The van der Waals surface area contributed by atoms with Crippen molar-refractivity contribution in [1.82, 2.24) is 4.90 Å². The lowest BCUT2D eigenvalue weighted by Gasteiger charge is -2.48. The van der Waals surface area contributed by atoms with Crippen LogP contribution in [0.5, 0.6) is 0 Å². The average Bonchev–Trinajstić information content (AvgIpc) is 2.53. The molecule has 2 aromatic carbocycles. The molecule has 1 fully saturated rings. The zero-order valence-corrected chi connectivity index (χ0v) is 12.7. The summed E-state index contributed by atoms with van der Waals surface area (Å²) in [6.45, 7) is 3.07. The van der Waals surface area contributed by atoms with Crippen LogP contribution in [-0.2, 0) is 5.60 Å².